The van der Waals surface area contributed by atoms with E-state index in [1.807, 2.05) is 83.1 Å². The number of alkyl carbamates (subject to hydrolysis) is 1. The SMILES string of the molecule is CCC(C)C(NC(=O)[C@@H]1C[C@@H](OC(C)(C)C)CN1C(=O)[C@H](CC(=O)OC)NC(=O)OCC1c2ccccc2-c2ccccc21)C(=O)OC(C)(C)C. The first kappa shape index (κ1) is 39.3. The second-order valence-electron chi connectivity index (χ2n) is 15.3. The van der Waals surface area contributed by atoms with Crippen molar-refractivity contribution in [2.45, 2.75) is 116 Å². The number of nitrogens with one attached hydrogen (secondary N) is 2. The fourth-order valence-electron chi connectivity index (χ4n) is 6.59. The molecule has 2 unspecified atom stereocenters. The lowest BCUT2D eigenvalue weighted by Crippen LogP contribution is -2.57. The lowest BCUT2D eigenvalue weighted by molar-refractivity contribution is -0.160. The number of likely N-dealkylation sites (tertiary alicyclic amines) is 1. The Hall–Kier alpha value is -4.45. The Kier molecular flexibility index (Phi) is 12.5. The van der Waals surface area contributed by atoms with Crippen molar-refractivity contribution >= 4 is 29.8 Å². The van der Waals surface area contributed by atoms with Gasteiger partial charge in [0.15, 0.2) is 0 Å². The molecule has 0 aromatic heterocycles. The van der Waals surface area contributed by atoms with Gasteiger partial charge in [0, 0.05) is 18.9 Å². The number of nitrogens with zero attached hydrogens (tertiary/aromatic N) is 1. The lowest BCUT2D eigenvalue weighted by Gasteiger charge is -2.31. The summed E-state index contributed by atoms with van der Waals surface area (Å²) in [6, 6.07) is 12.4. The summed E-state index contributed by atoms with van der Waals surface area (Å²) in [5.74, 6) is -3.06. The van der Waals surface area contributed by atoms with E-state index in [0.717, 1.165) is 22.3 Å². The zero-order chi connectivity index (χ0) is 37.7. The molecule has 2 aromatic rings. The lowest BCUT2D eigenvalue weighted by atomic mass is 9.98. The van der Waals surface area contributed by atoms with Gasteiger partial charge in [-0.25, -0.2) is 9.59 Å². The van der Waals surface area contributed by atoms with Gasteiger partial charge in [0.2, 0.25) is 11.8 Å². The van der Waals surface area contributed by atoms with Gasteiger partial charge >= 0.3 is 18.0 Å². The van der Waals surface area contributed by atoms with Gasteiger partial charge in [0.25, 0.3) is 0 Å². The van der Waals surface area contributed by atoms with E-state index in [2.05, 4.69) is 10.6 Å². The summed E-state index contributed by atoms with van der Waals surface area (Å²) in [5.41, 5.74) is 2.80. The molecule has 2 aliphatic rings. The number of hydrogen-bond donors (Lipinski definition) is 2. The second-order valence-corrected chi connectivity index (χ2v) is 15.3. The highest BCUT2D eigenvalue weighted by atomic mass is 16.6. The number of carbonyl (C=O) groups excluding carboxylic acids is 5. The van der Waals surface area contributed by atoms with Crippen molar-refractivity contribution in [2.75, 3.05) is 20.3 Å². The predicted molar refractivity (Wildman–Crippen MR) is 191 cm³/mol. The van der Waals surface area contributed by atoms with E-state index in [1.54, 1.807) is 20.8 Å². The molecular formula is C39H53N3O9. The average Bonchev–Trinajstić information content (AvgIpc) is 3.62. The fourth-order valence-corrected chi connectivity index (χ4v) is 6.59. The maximum atomic E-state index is 14.3. The molecule has 2 N–H and O–H groups in total. The van der Waals surface area contributed by atoms with E-state index >= 15 is 0 Å². The molecule has 12 heteroatoms. The molecule has 0 radical (unpaired) electrons. The number of fused-ring (bicyclic) bond motifs is 3. The van der Waals surface area contributed by atoms with Crippen molar-refractivity contribution in [1.82, 2.24) is 15.5 Å². The van der Waals surface area contributed by atoms with Crippen LogP contribution in [0.2, 0.25) is 0 Å². The molecule has 1 aliphatic carbocycles. The first-order chi connectivity index (χ1) is 23.9. The highest BCUT2D eigenvalue weighted by Crippen LogP contribution is 2.44. The average molecular weight is 708 g/mol. The molecule has 278 valence electrons. The molecule has 3 amide bonds. The molecule has 1 saturated heterocycles. The number of hydrogen-bond acceptors (Lipinski definition) is 9. The van der Waals surface area contributed by atoms with Gasteiger partial charge in [0.05, 0.1) is 25.2 Å². The normalized spacial score (nSPS) is 18.9. The van der Waals surface area contributed by atoms with E-state index in [4.69, 9.17) is 18.9 Å². The van der Waals surface area contributed by atoms with Crippen LogP contribution in [0.25, 0.3) is 11.1 Å². The van der Waals surface area contributed by atoms with Crippen LogP contribution in [0.15, 0.2) is 48.5 Å². The molecule has 51 heavy (non-hydrogen) atoms. The van der Waals surface area contributed by atoms with Gasteiger partial charge in [-0.3, -0.25) is 14.4 Å². The monoisotopic (exact) mass is 707 g/mol. The van der Waals surface area contributed by atoms with Crippen LogP contribution in [0, 0.1) is 5.92 Å². The molecular weight excluding hydrogens is 654 g/mol. The highest BCUT2D eigenvalue weighted by molar-refractivity contribution is 5.95. The van der Waals surface area contributed by atoms with E-state index in [0.29, 0.717) is 6.42 Å². The number of rotatable bonds is 12. The minimum atomic E-state index is -1.41. The highest BCUT2D eigenvalue weighted by Gasteiger charge is 2.45. The number of esters is 2. The zero-order valence-electron chi connectivity index (χ0n) is 31.2. The third-order valence-electron chi connectivity index (χ3n) is 9.07. The Labute approximate surface area is 300 Å². The van der Waals surface area contributed by atoms with Gasteiger partial charge in [-0.15, -0.1) is 0 Å². The molecule has 1 heterocycles. The van der Waals surface area contributed by atoms with E-state index in [1.165, 1.54) is 12.0 Å². The summed E-state index contributed by atoms with van der Waals surface area (Å²) in [5, 5.41) is 5.40. The van der Waals surface area contributed by atoms with Crippen LogP contribution in [0.4, 0.5) is 4.79 Å². The Morgan fingerprint density at radius 1 is 0.882 bits per heavy atom. The second kappa shape index (κ2) is 16.3. The fraction of sp³-hybridized carbons (Fsp3) is 0.564. The predicted octanol–water partition coefficient (Wildman–Crippen LogP) is 5.11. The molecule has 2 aromatic carbocycles. The van der Waals surface area contributed by atoms with Crippen LogP contribution in [-0.4, -0.2) is 90.4 Å². The van der Waals surface area contributed by atoms with E-state index in [-0.39, 0.29) is 31.4 Å². The van der Waals surface area contributed by atoms with Gasteiger partial charge in [0.1, 0.15) is 30.3 Å². The van der Waals surface area contributed by atoms with Crippen molar-refractivity contribution in [3.05, 3.63) is 59.7 Å². The Balaban J connectivity index is 1.55. The van der Waals surface area contributed by atoms with Gasteiger partial charge in [-0.05, 0) is 69.7 Å². The van der Waals surface area contributed by atoms with Crippen LogP contribution in [0.5, 0.6) is 0 Å². The molecule has 1 aliphatic heterocycles. The molecule has 4 rings (SSSR count). The molecule has 12 nitrogen and oxygen atoms in total. The molecule has 5 atom stereocenters. The molecule has 0 bridgehead atoms. The van der Waals surface area contributed by atoms with Gasteiger partial charge in [-0.2, -0.15) is 0 Å². The maximum Gasteiger partial charge on any atom is 0.407 e. The summed E-state index contributed by atoms with van der Waals surface area (Å²) in [7, 11) is 1.18. The summed E-state index contributed by atoms with van der Waals surface area (Å²) < 4.78 is 22.4. The Morgan fingerprint density at radius 3 is 2.00 bits per heavy atom. The summed E-state index contributed by atoms with van der Waals surface area (Å²) >= 11 is 0. The van der Waals surface area contributed by atoms with E-state index < -0.39 is 71.7 Å². The topological polar surface area (TPSA) is 150 Å². The summed E-state index contributed by atoms with van der Waals surface area (Å²) in [6.07, 6.45) is -1.22. The third kappa shape index (κ3) is 10.1. The quantitative estimate of drug-likeness (QED) is 0.227. The van der Waals surface area contributed by atoms with Crippen molar-refractivity contribution in [1.29, 1.82) is 0 Å². The number of benzene rings is 2. The summed E-state index contributed by atoms with van der Waals surface area (Å²) in [4.78, 5) is 68.6. The Morgan fingerprint density at radius 2 is 1.47 bits per heavy atom. The first-order valence-corrected chi connectivity index (χ1v) is 17.6. The van der Waals surface area contributed by atoms with Crippen LogP contribution in [0.3, 0.4) is 0 Å². The third-order valence-corrected chi connectivity index (χ3v) is 9.07. The Bertz CT molecular complexity index is 1550. The largest absolute Gasteiger partial charge is 0.469 e. The van der Waals surface area contributed by atoms with Crippen LogP contribution in [0.1, 0.15) is 91.7 Å². The minimum absolute atomic E-state index is 0.00307. The number of methoxy groups -OCH3 is 1. The van der Waals surface area contributed by atoms with Crippen LogP contribution >= 0.6 is 0 Å². The maximum absolute atomic E-state index is 14.3. The van der Waals surface area contributed by atoms with Gasteiger partial charge < -0.3 is 34.5 Å². The van der Waals surface area contributed by atoms with Crippen LogP contribution < -0.4 is 10.6 Å². The number of ether oxygens (including phenoxy) is 4. The number of carbonyl (C=O) groups is 5. The molecule has 0 saturated carbocycles. The minimum Gasteiger partial charge on any atom is -0.469 e. The van der Waals surface area contributed by atoms with Crippen molar-refractivity contribution in [3.63, 3.8) is 0 Å². The molecule has 0 spiro atoms. The molecule has 1 fully saturated rings. The smallest absolute Gasteiger partial charge is 0.407 e. The zero-order valence-corrected chi connectivity index (χ0v) is 31.2. The van der Waals surface area contributed by atoms with Crippen LogP contribution in [-0.2, 0) is 38.1 Å². The van der Waals surface area contributed by atoms with Crippen molar-refractivity contribution in [3.8, 4) is 11.1 Å². The van der Waals surface area contributed by atoms with Crippen molar-refractivity contribution in [2.24, 2.45) is 5.92 Å². The van der Waals surface area contributed by atoms with Gasteiger partial charge in [-0.1, -0.05) is 68.8 Å². The standard InChI is InChI=1S/C39H53N3O9/c1-10-23(2)33(36(46)51-39(6,7)8)41-34(44)31-19-24(50-38(3,4)5)21-42(31)35(45)30(20-32(43)48-9)40-37(47)49-22-29-27-17-13-11-15-25(27)26-16-12-14-18-28(26)29/h11-18,23-24,29-31,33H,10,19-22H2,1-9H3,(H,40,47)(H,41,44)/t23?,24-,30+,31+,33?/m1/s1. The number of amides is 3. The van der Waals surface area contributed by atoms with E-state index in [9.17, 15) is 24.0 Å². The summed E-state index contributed by atoms with van der Waals surface area (Å²) in [6.45, 7) is 14.6. The first-order valence-electron chi connectivity index (χ1n) is 17.6. The van der Waals surface area contributed by atoms with Crippen molar-refractivity contribution < 1.29 is 42.9 Å².